The molecule has 0 radical (unpaired) electrons. The fraction of sp³-hybridized carbons (Fsp3) is 0.111. The number of hydrogen-bond donors (Lipinski definition) is 0. The van der Waals surface area contributed by atoms with Gasteiger partial charge in [0.05, 0.1) is 26.5 Å². The Morgan fingerprint density at radius 1 is 0.933 bits per heavy atom. The molecule has 0 atom stereocenters. The topological polar surface area (TPSA) is 112 Å². The van der Waals surface area contributed by atoms with Crippen LogP contribution in [-0.4, -0.2) is 19.8 Å². The minimum atomic E-state index is -4.76. The summed E-state index contributed by atoms with van der Waals surface area (Å²) in [4.78, 5) is 27.9. The summed E-state index contributed by atoms with van der Waals surface area (Å²) in [5.74, 6) is 0. The van der Waals surface area contributed by atoms with Gasteiger partial charge in [-0.1, -0.05) is 29.8 Å². The van der Waals surface area contributed by atoms with Crippen molar-refractivity contribution in [3.63, 3.8) is 0 Å². The van der Waals surface area contributed by atoms with Gasteiger partial charge in [-0.05, 0) is 30.8 Å². The number of nitro groups is 2. The number of halogens is 3. The molecule has 30 heavy (non-hydrogen) atoms. The first kappa shape index (κ1) is 21.2. The summed E-state index contributed by atoms with van der Waals surface area (Å²) in [6.45, 7) is 1.82. The smallest absolute Gasteiger partial charge is 0.258 e. The van der Waals surface area contributed by atoms with Crippen molar-refractivity contribution in [2.75, 3.05) is 0 Å². The van der Waals surface area contributed by atoms with Gasteiger partial charge in [0.2, 0.25) is 0 Å². The number of rotatable bonds is 5. The van der Waals surface area contributed by atoms with Gasteiger partial charge in [0.15, 0.2) is 5.16 Å². The molecule has 3 rings (SSSR count). The third kappa shape index (κ3) is 4.71. The highest BCUT2D eigenvalue weighted by Crippen LogP contribution is 2.38. The first-order chi connectivity index (χ1) is 14.0. The standard InChI is InChI=1S/C18H11F3N4O4S/c1-10-2-4-11(5-3-10)13-9-16(18(19,20)21)23-17(22-13)30-15-7-6-12(24(26)27)8-14(15)25(28)29/h2-9H,1H3. The summed E-state index contributed by atoms with van der Waals surface area (Å²) in [5, 5.41) is 21.8. The van der Waals surface area contributed by atoms with Gasteiger partial charge in [-0.2, -0.15) is 13.2 Å². The summed E-state index contributed by atoms with van der Waals surface area (Å²) >= 11 is 0.519. The first-order valence-electron chi connectivity index (χ1n) is 8.18. The Morgan fingerprint density at radius 2 is 1.60 bits per heavy atom. The summed E-state index contributed by atoms with van der Waals surface area (Å²) in [6, 6.07) is 10.2. The van der Waals surface area contributed by atoms with E-state index in [1.807, 2.05) is 6.92 Å². The van der Waals surface area contributed by atoms with E-state index in [2.05, 4.69) is 9.97 Å². The summed E-state index contributed by atoms with van der Waals surface area (Å²) in [6.07, 6.45) is -4.76. The van der Waals surface area contributed by atoms with Crippen LogP contribution in [0.4, 0.5) is 24.5 Å². The normalized spacial score (nSPS) is 11.3. The van der Waals surface area contributed by atoms with Crippen LogP contribution in [0.5, 0.6) is 0 Å². The molecular weight excluding hydrogens is 425 g/mol. The molecule has 0 saturated carbocycles. The molecule has 1 aromatic heterocycles. The minimum absolute atomic E-state index is 0.00982. The van der Waals surface area contributed by atoms with Gasteiger partial charge in [-0.15, -0.1) is 0 Å². The second kappa shape index (κ2) is 8.06. The molecule has 3 aromatic rings. The van der Waals surface area contributed by atoms with Gasteiger partial charge in [0.25, 0.3) is 11.4 Å². The van der Waals surface area contributed by atoms with Crippen LogP contribution in [0.3, 0.4) is 0 Å². The van der Waals surface area contributed by atoms with Gasteiger partial charge in [0.1, 0.15) is 5.69 Å². The van der Waals surface area contributed by atoms with Crippen molar-refractivity contribution in [1.29, 1.82) is 0 Å². The third-order valence-electron chi connectivity index (χ3n) is 3.89. The van der Waals surface area contributed by atoms with Gasteiger partial charge in [-0.25, -0.2) is 9.97 Å². The molecule has 0 aliphatic heterocycles. The van der Waals surface area contributed by atoms with Crippen LogP contribution in [0.25, 0.3) is 11.3 Å². The summed E-state index contributed by atoms with van der Waals surface area (Å²) in [5.41, 5.74) is -1.05. The molecule has 0 unspecified atom stereocenters. The molecule has 0 amide bonds. The van der Waals surface area contributed by atoms with E-state index in [1.165, 1.54) is 0 Å². The minimum Gasteiger partial charge on any atom is -0.258 e. The third-order valence-corrected chi connectivity index (χ3v) is 4.82. The Hall–Kier alpha value is -3.54. The largest absolute Gasteiger partial charge is 0.433 e. The number of nitro benzene ring substituents is 2. The molecule has 8 nitrogen and oxygen atoms in total. The Balaban J connectivity index is 2.10. The highest BCUT2D eigenvalue weighted by molar-refractivity contribution is 7.99. The number of hydrogen-bond acceptors (Lipinski definition) is 7. The van der Waals surface area contributed by atoms with Crippen molar-refractivity contribution in [1.82, 2.24) is 9.97 Å². The first-order valence-corrected chi connectivity index (χ1v) is 9.00. The number of benzene rings is 2. The van der Waals surface area contributed by atoms with Crippen LogP contribution in [0.15, 0.2) is 58.6 Å². The van der Waals surface area contributed by atoms with Crippen LogP contribution >= 0.6 is 11.8 Å². The predicted molar refractivity (Wildman–Crippen MR) is 101 cm³/mol. The van der Waals surface area contributed by atoms with Gasteiger partial charge in [-0.3, -0.25) is 20.2 Å². The van der Waals surface area contributed by atoms with Crippen molar-refractivity contribution in [2.24, 2.45) is 0 Å². The number of alkyl halides is 3. The summed E-state index contributed by atoms with van der Waals surface area (Å²) < 4.78 is 40.0. The van der Waals surface area contributed by atoms with Crippen LogP contribution in [0.1, 0.15) is 11.3 Å². The molecule has 0 saturated heterocycles. The lowest BCUT2D eigenvalue weighted by Gasteiger charge is -2.11. The number of nitrogens with zero attached hydrogens (tertiary/aromatic N) is 4. The lowest BCUT2D eigenvalue weighted by Crippen LogP contribution is -2.10. The van der Waals surface area contributed by atoms with E-state index in [9.17, 15) is 33.4 Å². The van der Waals surface area contributed by atoms with Gasteiger partial charge >= 0.3 is 6.18 Å². The lowest BCUT2D eigenvalue weighted by molar-refractivity contribution is -0.396. The Kier molecular flexibility index (Phi) is 5.69. The van der Waals surface area contributed by atoms with Gasteiger partial charge in [0, 0.05) is 11.6 Å². The molecule has 2 aromatic carbocycles. The van der Waals surface area contributed by atoms with E-state index >= 15 is 0 Å². The van der Waals surface area contributed by atoms with Crippen molar-refractivity contribution in [2.45, 2.75) is 23.2 Å². The fourth-order valence-corrected chi connectivity index (χ4v) is 3.29. The van der Waals surface area contributed by atoms with E-state index in [0.29, 0.717) is 17.3 Å². The lowest BCUT2D eigenvalue weighted by atomic mass is 10.1. The van der Waals surface area contributed by atoms with E-state index < -0.39 is 33.1 Å². The molecule has 0 aliphatic carbocycles. The monoisotopic (exact) mass is 436 g/mol. The van der Waals surface area contributed by atoms with Crippen molar-refractivity contribution in [3.05, 3.63) is 80.0 Å². The molecule has 0 N–H and O–H groups in total. The van der Waals surface area contributed by atoms with Crippen molar-refractivity contribution < 1.29 is 23.0 Å². The molecule has 0 fully saturated rings. The highest BCUT2D eigenvalue weighted by atomic mass is 32.2. The number of aryl methyl sites for hydroxylation is 1. The molecule has 0 spiro atoms. The zero-order chi connectivity index (χ0) is 22.1. The van der Waals surface area contributed by atoms with Crippen molar-refractivity contribution >= 4 is 23.1 Å². The maximum absolute atomic E-state index is 13.3. The van der Waals surface area contributed by atoms with Gasteiger partial charge < -0.3 is 0 Å². The molecule has 1 heterocycles. The van der Waals surface area contributed by atoms with Crippen LogP contribution < -0.4 is 0 Å². The Morgan fingerprint density at radius 3 is 2.17 bits per heavy atom. The molecule has 0 aliphatic rings. The highest BCUT2D eigenvalue weighted by Gasteiger charge is 2.34. The quantitative estimate of drug-likeness (QED) is 0.297. The van der Waals surface area contributed by atoms with Crippen LogP contribution in [-0.2, 0) is 6.18 Å². The molecular formula is C18H11F3N4O4S. The zero-order valence-electron chi connectivity index (χ0n) is 15.1. The average Bonchev–Trinajstić information content (AvgIpc) is 2.67. The fourth-order valence-electron chi connectivity index (χ4n) is 2.43. The van der Waals surface area contributed by atoms with Crippen LogP contribution in [0, 0.1) is 27.2 Å². The Labute approximate surface area is 171 Å². The number of aromatic nitrogens is 2. The van der Waals surface area contributed by atoms with E-state index in [1.54, 1.807) is 24.3 Å². The van der Waals surface area contributed by atoms with E-state index in [0.717, 1.165) is 29.8 Å². The maximum Gasteiger partial charge on any atom is 0.433 e. The Bertz CT molecular complexity index is 1140. The number of non-ortho nitro benzene ring substituents is 1. The summed E-state index contributed by atoms with van der Waals surface area (Å²) in [7, 11) is 0. The second-order valence-electron chi connectivity index (χ2n) is 6.05. The molecule has 154 valence electrons. The zero-order valence-corrected chi connectivity index (χ0v) is 15.9. The second-order valence-corrected chi connectivity index (χ2v) is 7.06. The SMILES string of the molecule is Cc1ccc(-c2cc(C(F)(F)F)nc(Sc3ccc([N+](=O)[O-])cc3[N+](=O)[O-])n2)cc1. The van der Waals surface area contributed by atoms with Crippen LogP contribution in [0.2, 0.25) is 0 Å². The average molecular weight is 436 g/mol. The molecule has 12 heteroatoms. The van der Waals surface area contributed by atoms with Crippen molar-refractivity contribution in [3.8, 4) is 11.3 Å². The maximum atomic E-state index is 13.3. The van der Waals surface area contributed by atoms with E-state index in [-0.39, 0.29) is 15.7 Å². The molecule has 0 bridgehead atoms. The predicted octanol–water partition coefficient (Wildman–Crippen LogP) is 5.44. The van der Waals surface area contributed by atoms with E-state index in [4.69, 9.17) is 0 Å².